The zero-order chi connectivity index (χ0) is 32.2. The minimum Gasteiger partial charge on any atom is -0.444 e. The van der Waals surface area contributed by atoms with Gasteiger partial charge in [0.05, 0.1) is 17.1 Å². The Hall–Kier alpha value is -3.59. The molecule has 0 aliphatic rings. The predicted octanol–water partition coefficient (Wildman–Crippen LogP) is 6.46. The highest BCUT2D eigenvalue weighted by atomic mass is 35.5. The molecule has 9 nitrogen and oxygen atoms in total. The first-order chi connectivity index (χ1) is 20.3. The molecule has 2 unspecified atom stereocenters. The van der Waals surface area contributed by atoms with Gasteiger partial charge in [-0.25, -0.2) is 4.79 Å². The number of ether oxygens (including phenoxy) is 1. The largest absolute Gasteiger partial charge is 0.444 e. The summed E-state index contributed by atoms with van der Waals surface area (Å²) in [5, 5.41) is 5.82. The Morgan fingerprint density at radius 1 is 0.977 bits per heavy atom. The van der Waals surface area contributed by atoms with Crippen molar-refractivity contribution in [2.24, 2.45) is 5.73 Å². The highest BCUT2D eigenvalue weighted by Crippen LogP contribution is 2.30. The number of primary amides is 1. The van der Waals surface area contributed by atoms with Crippen LogP contribution in [0, 0.1) is 6.92 Å². The number of carbonyl (C=O) groups is 4. The van der Waals surface area contributed by atoms with E-state index < -0.39 is 47.9 Å². The van der Waals surface area contributed by atoms with Crippen molar-refractivity contribution in [3.05, 3.63) is 64.2 Å². The third-order valence-corrected chi connectivity index (χ3v) is 7.23. The lowest BCUT2D eigenvalue weighted by atomic mass is 9.99. The van der Waals surface area contributed by atoms with Crippen molar-refractivity contribution in [1.29, 1.82) is 0 Å². The van der Waals surface area contributed by atoms with Gasteiger partial charge in [0, 0.05) is 6.54 Å². The molecule has 2 aromatic carbocycles. The van der Waals surface area contributed by atoms with Gasteiger partial charge < -0.3 is 26.0 Å². The predicted molar refractivity (Wildman–Crippen MR) is 171 cm³/mol. The molecule has 0 radical (unpaired) electrons. The van der Waals surface area contributed by atoms with Crippen LogP contribution in [0.3, 0.4) is 0 Å². The van der Waals surface area contributed by atoms with E-state index in [1.54, 1.807) is 32.9 Å². The molecule has 0 fully saturated rings. The van der Waals surface area contributed by atoms with Gasteiger partial charge in [-0.2, -0.15) is 0 Å². The van der Waals surface area contributed by atoms with Gasteiger partial charge >= 0.3 is 6.09 Å². The third-order valence-electron chi connectivity index (χ3n) is 6.91. The lowest BCUT2D eigenvalue weighted by molar-refractivity contribution is -0.142. The number of carbonyl (C=O) groups excluding carboxylic acids is 4. The van der Waals surface area contributed by atoms with E-state index >= 15 is 0 Å². The molecule has 0 aromatic heterocycles. The summed E-state index contributed by atoms with van der Waals surface area (Å²) in [5.74, 6) is -1.87. The number of amides is 4. The Labute approximate surface area is 260 Å². The van der Waals surface area contributed by atoms with Crippen molar-refractivity contribution in [3.8, 4) is 0 Å². The van der Waals surface area contributed by atoms with Crippen LogP contribution in [-0.4, -0.2) is 46.9 Å². The number of hydrogen-bond acceptors (Lipinski definition) is 5. The number of anilines is 1. The molecule has 0 heterocycles. The lowest BCUT2D eigenvalue weighted by Gasteiger charge is -2.34. The van der Waals surface area contributed by atoms with Crippen LogP contribution >= 0.6 is 11.6 Å². The Bertz CT molecular complexity index is 1220. The number of nitrogens with two attached hydrogens (primary N) is 1. The van der Waals surface area contributed by atoms with Gasteiger partial charge in [0.25, 0.3) is 5.91 Å². The molecule has 0 aliphatic heterocycles. The minimum absolute atomic E-state index is 0.211. The number of para-hydroxylation sites is 1. The molecule has 0 aliphatic carbocycles. The highest BCUT2D eigenvalue weighted by Gasteiger charge is 2.37. The van der Waals surface area contributed by atoms with Gasteiger partial charge in [-0.05, 0) is 63.3 Å². The van der Waals surface area contributed by atoms with Crippen LogP contribution in [0.4, 0.5) is 10.5 Å². The van der Waals surface area contributed by atoms with Gasteiger partial charge in [0.15, 0.2) is 0 Å². The Balaban J connectivity index is 2.59. The summed E-state index contributed by atoms with van der Waals surface area (Å²) < 4.78 is 5.36. The quantitative estimate of drug-likeness (QED) is 0.198. The van der Waals surface area contributed by atoms with E-state index in [0.717, 1.165) is 43.2 Å². The number of aryl methyl sites for hydroxylation is 2. The maximum atomic E-state index is 14.3. The Kier molecular flexibility index (Phi) is 14.0. The topological polar surface area (TPSA) is 131 Å². The monoisotopic (exact) mass is 614 g/mol. The molecule has 2 rings (SSSR count). The number of halogens is 1. The molecular formula is C33H47ClN4O5. The van der Waals surface area contributed by atoms with Crippen molar-refractivity contribution in [3.63, 3.8) is 0 Å². The second-order valence-corrected chi connectivity index (χ2v) is 12.1. The summed E-state index contributed by atoms with van der Waals surface area (Å²) in [5.41, 5.74) is 7.53. The van der Waals surface area contributed by atoms with Crippen LogP contribution in [0.1, 0.15) is 95.9 Å². The summed E-state index contributed by atoms with van der Waals surface area (Å²) in [6, 6.07) is 10.4. The summed E-state index contributed by atoms with van der Waals surface area (Å²) >= 11 is 6.45. The molecule has 0 bridgehead atoms. The summed E-state index contributed by atoms with van der Waals surface area (Å²) in [6.45, 7) is 11.3. The van der Waals surface area contributed by atoms with E-state index in [9.17, 15) is 19.2 Å². The number of alkyl carbamates (subject to hydrolysis) is 1. The summed E-state index contributed by atoms with van der Waals surface area (Å²) in [4.78, 5) is 54.6. The zero-order valence-corrected chi connectivity index (χ0v) is 27.1. The van der Waals surface area contributed by atoms with Crippen molar-refractivity contribution in [1.82, 2.24) is 10.2 Å². The minimum atomic E-state index is -1.34. The van der Waals surface area contributed by atoms with Gasteiger partial charge in [-0.3, -0.25) is 14.4 Å². The van der Waals surface area contributed by atoms with Gasteiger partial charge in [-0.1, -0.05) is 87.5 Å². The van der Waals surface area contributed by atoms with E-state index in [1.807, 2.05) is 44.2 Å². The number of nitrogens with one attached hydrogen (secondary N) is 2. The fourth-order valence-corrected chi connectivity index (χ4v) is 4.96. The molecule has 43 heavy (non-hydrogen) atoms. The highest BCUT2D eigenvalue weighted by molar-refractivity contribution is 6.34. The smallest absolute Gasteiger partial charge is 0.408 e. The van der Waals surface area contributed by atoms with Gasteiger partial charge in [0.2, 0.25) is 11.8 Å². The lowest BCUT2D eigenvalue weighted by Crippen LogP contribution is -2.53. The van der Waals surface area contributed by atoms with E-state index in [4.69, 9.17) is 22.1 Å². The molecule has 4 amide bonds. The fraction of sp³-hybridized carbons (Fsp3) is 0.515. The van der Waals surface area contributed by atoms with Crippen molar-refractivity contribution in [2.45, 2.75) is 104 Å². The number of rotatable bonds is 15. The fourth-order valence-electron chi connectivity index (χ4n) is 4.69. The number of unbranched alkanes of at least 4 members (excludes halogenated alkanes) is 4. The van der Waals surface area contributed by atoms with E-state index in [1.165, 1.54) is 4.90 Å². The second kappa shape index (κ2) is 16.9. The molecule has 0 saturated carbocycles. The summed E-state index contributed by atoms with van der Waals surface area (Å²) in [7, 11) is 0. The maximum absolute atomic E-state index is 14.3. The average molecular weight is 615 g/mol. The SMILES string of the molecule is CCCCCCCN(C(=O)C(CC(N)=O)NC(=O)OC(C)(C)C)C(C(=O)Nc1c(C)cccc1Cl)c1ccc(CC)cc1. The van der Waals surface area contributed by atoms with Crippen LogP contribution in [0.25, 0.3) is 0 Å². The summed E-state index contributed by atoms with van der Waals surface area (Å²) in [6.07, 6.45) is 4.00. The van der Waals surface area contributed by atoms with Crippen LogP contribution in [0.15, 0.2) is 42.5 Å². The number of hydrogen-bond donors (Lipinski definition) is 3. The Morgan fingerprint density at radius 3 is 2.19 bits per heavy atom. The molecule has 2 aromatic rings. The standard InChI is InChI=1S/C33H47ClN4O5/c1-7-9-10-11-12-20-38(31(41)26(21-27(35)39)36-32(42)43-33(4,5)6)29(24-18-16-23(8-2)17-19-24)30(40)37-28-22(3)14-13-15-25(28)34/h13-19,26,29H,7-12,20-21H2,1-6H3,(H2,35,39)(H,36,42)(H,37,40). The second-order valence-electron chi connectivity index (χ2n) is 11.7. The van der Waals surface area contributed by atoms with Crippen molar-refractivity contribution in [2.75, 3.05) is 11.9 Å². The van der Waals surface area contributed by atoms with E-state index in [2.05, 4.69) is 17.6 Å². The molecule has 0 spiro atoms. The molecule has 236 valence electrons. The Morgan fingerprint density at radius 2 is 1.63 bits per heavy atom. The van der Waals surface area contributed by atoms with Crippen LogP contribution < -0.4 is 16.4 Å². The van der Waals surface area contributed by atoms with E-state index in [-0.39, 0.29) is 6.54 Å². The first-order valence-electron chi connectivity index (χ1n) is 15.0. The van der Waals surface area contributed by atoms with Crippen molar-refractivity contribution < 1.29 is 23.9 Å². The zero-order valence-electron chi connectivity index (χ0n) is 26.3. The first kappa shape index (κ1) is 35.6. The molecule has 4 N–H and O–H groups in total. The van der Waals surface area contributed by atoms with Gasteiger partial charge in [0.1, 0.15) is 17.7 Å². The third kappa shape index (κ3) is 11.5. The first-order valence-corrected chi connectivity index (χ1v) is 15.4. The molecular weight excluding hydrogens is 568 g/mol. The number of nitrogens with zero attached hydrogens (tertiary/aromatic N) is 1. The number of benzene rings is 2. The van der Waals surface area contributed by atoms with Crippen molar-refractivity contribution >= 4 is 41.1 Å². The van der Waals surface area contributed by atoms with E-state index in [0.29, 0.717) is 22.7 Å². The molecule has 0 saturated heterocycles. The van der Waals surface area contributed by atoms with Crippen LogP contribution in [-0.2, 0) is 25.5 Å². The normalized spacial score (nSPS) is 12.6. The van der Waals surface area contributed by atoms with Gasteiger partial charge in [-0.15, -0.1) is 0 Å². The average Bonchev–Trinajstić information content (AvgIpc) is 2.92. The maximum Gasteiger partial charge on any atom is 0.408 e. The molecule has 10 heteroatoms. The van der Waals surface area contributed by atoms with Crippen LogP contribution in [0.2, 0.25) is 5.02 Å². The van der Waals surface area contributed by atoms with Crippen LogP contribution in [0.5, 0.6) is 0 Å². The molecule has 2 atom stereocenters.